The van der Waals surface area contributed by atoms with Gasteiger partial charge in [-0.05, 0) is 30.9 Å². The van der Waals surface area contributed by atoms with E-state index in [1.807, 2.05) is 23.1 Å². The first kappa shape index (κ1) is 17.8. The average molecular weight is 409 g/mol. The number of benzene rings is 1. The number of likely N-dealkylation sites (tertiary alicyclic amines) is 1. The van der Waals surface area contributed by atoms with Crippen molar-refractivity contribution in [3.8, 4) is 0 Å². The van der Waals surface area contributed by atoms with Crippen LogP contribution in [-0.2, 0) is 4.79 Å². The molecule has 1 fully saturated rings. The van der Waals surface area contributed by atoms with Gasteiger partial charge in [0.25, 0.3) is 0 Å². The summed E-state index contributed by atoms with van der Waals surface area (Å²) in [7, 11) is 0. The van der Waals surface area contributed by atoms with E-state index < -0.39 is 0 Å². The van der Waals surface area contributed by atoms with E-state index in [0.29, 0.717) is 5.75 Å². The first-order chi connectivity index (χ1) is 13.7. The number of hydrogen-bond acceptors (Lipinski definition) is 6. The number of para-hydroxylation sites is 1. The van der Waals surface area contributed by atoms with Crippen molar-refractivity contribution in [2.24, 2.45) is 5.92 Å². The van der Waals surface area contributed by atoms with Gasteiger partial charge in [-0.25, -0.2) is 15.0 Å². The van der Waals surface area contributed by atoms with Crippen molar-refractivity contribution in [2.45, 2.75) is 24.8 Å². The van der Waals surface area contributed by atoms with Crippen LogP contribution in [-0.4, -0.2) is 44.6 Å². The molecule has 1 amide bonds. The number of piperidine rings is 1. The zero-order valence-electron chi connectivity index (χ0n) is 15.6. The Kier molecular flexibility index (Phi) is 4.64. The van der Waals surface area contributed by atoms with Crippen LogP contribution in [0.3, 0.4) is 0 Å². The Hall–Kier alpha value is -2.25. The Labute approximate surface area is 171 Å². The number of nitrogens with zero attached hydrogens (tertiary/aromatic N) is 4. The molecule has 1 saturated heterocycles. The lowest BCUT2D eigenvalue weighted by molar-refractivity contribution is -0.129. The van der Waals surface area contributed by atoms with Crippen LogP contribution < -0.4 is 0 Å². The van der Waals surface area contributed by atoms with Gasteiger partial charge in [0.15, 0.2) is 0 Å². The molecular formula is C21H20N4OS2. The Morgan fingerprint density at radius 2 is 2.07 bits per heavy atom. The number of rotatable bonds is 3. The van der Waals surface area contributed by atoms with E-state index in [1.54, 1.807) is 17.7 Å². The minimum Gasteiger partial charge on any atom is -0.342 e. The predicted octanol–water partition coefficient (Wildman–Crippen LogP) is 4.74. The van der Waals surface area contributed by atoms with Gasteiger partial charge in [0.05, 0.1) is 21.5 Å². The number of carbonyl (C=O) groups excluding carboxylic acids is 1. The third-order valence-corrected chi connectivity index (χ3v) is 7.58. The van der Waals surface area contributed by atoms with Crippen LogP contribution in [0.4, 0.5) is 0 Å². The molecule has 3 aromatic heterocycles. The molecule has 28 heavy (non-hydrogen) atoms. The fraction of sp³-hybridized carbons (Fsp3) is 0.333. The SMILES string of the molecule is CC1CCN(C(=O)CSc2ncnc3c2sc2nc4ccccc4cc23)CC1. The molecule has 0 N–H and O–H groups in total. The lowest BCUT2D eigenvalue weighted by atomic mass is 9.99. The molecule has 0 radical (unpaired) electrons. The van der Waals surface area contributed by atoms with Gasteiger partial charge in [-0.1, -0.05) is 36.9 Å². The number of carbonyl (C=O) groups is 1. The second kappa shape index (κ2) is 7.29. The van der Waals surface area contributed by atoms with Gasteiger partial charge in [-0.3, -0.25) is 4.79 Å². The molecule has 142 valence electrons. The van der Waals surface area contributed by atoms with E-state index >= 15 is 0 Å². The first-order valence-electron chi connectivity index (χ1n) is 9.52. The van der Waals surface area contributed by atoms with Gasteiger partial charge in [0.2, 0.25) is 5.91 Å². The Morgan fingerprint density at radius 3 is 2.93 bits per heavy atom. The monoisotopic (exact) mass is 408 g/mol. The summed E-state index contributed by atoms with van der Waals surface area (Å²) in [5, 5.41) is 3.03. The van der Waals surface area contributed by atoms with Gasteiger partial charge in [0, 0.05) is 23.9 Å². The van der Waals surface area contributed by atoms with Crippen LogP contribution in [0.1, 0.15) is 19.8 Å². The van der Waals surface area contributed by atoms with Crippen LogP contribution in [0, 0.1) is 5.92 Å². The molecule has 5 nitrogen and oxygen atoms in total. The lowest BCUT2D eigenvalue weighted by Gasteiger charge is -2.30. The van der Waals surface area contributed by atoms with Gasteiger partial charge in [-0.15, -0.1) is 11.3 Å². The largest absolute Gasteiger partial charge is 0.342 e. The maximum Gasteiger partial charge on any atom is 0.232 e. The van der Waals surface area contributed by atoms with E-state index in [9.17, 15) is 4.79 Å². The number of thioether (sulfide) groups is 1. The summed E-state index contributed by atoms with van der Waals surface area (Å²) in [4.78, 5) is 29.3. The highest BCUT2D eigenvalue weighted by molar-refractivity contribution is 8.00. The third-order valence-electron chi connectivity index (χ3n) is 5.38. The molecule has 4 heterocycles. The third kappa shape index (κ3) is 3.22. The summed E-state index contributed by atoms with van der Waals surface area (Å²) in [6.45, 7) is 4.01. The summed E-state index contributed by atoms with van der Waals surface area (Å²) >= 11 is 3.12. The highest BCUT2D eigenvalue weighted by Crippen LogP contribution is 2.37. The van der Waals surface area contributed by atoms with Crippen LogP contribution in [0.2, 0.25) is 0 Å². The summed E-state index contributed by atoms with van der Waals surface area (Å²) < 4.78 is 1.02. The second-order valence-electron chi connectivity index (χ2n) is 7.34. The minimum atomic E-state index is 0.202. The maximum atomic E-state index is 12.6. The fourth-order valence-corrected chi connectivity index (χ4v) is 5.76. The van der Waals surface area contributed by atoms with E-state index in [-0.39, 0.29) is 5.91 Å². The van der Waals surface area contributed by atoms with E-state index in [1.165, 1.54) is 11.8 Å². The number of amides is 1. The normalized spacial score (nSPS) is 15.7. The van der Waals surface area contributed by atoms with Crippen molar-refractivity contribution >= 4 is 60.3 Å². The predicted molar refractivity (Wildman–Crippen MR) is 116 cm³/mol. The second-order valence-corrected chi connectivity index (χ2v) is 9.31. The lowest BCUT2D eigenvalue weighted by Crippen LogP contribution is -2.38. The van der Waals surface area contributed by atoms with Crippen molar-refractivity contribution in [3.05, 3.63) is 36.7 Å². The molecule has 0 unspecified atom stereocenters. The van der Waals surface area contributed by atoms with Crippen molar-refractivity contribution in [3.63, 3.8) is 0 Å². The van der Waals surface area contributed by atoms with Gasteiger partial charge in [0.1, 0.15) is 16.2 Å². The molecule has 7 heteroatoms. The molecule has 0 bridgehead atoms. The molecule has 1 aliphatic rings. The molecule has 1 aromatic carbocycles. The number of thiophene rings is 1. The molecule has 0 atom stereocenters. The maximum absolute atomic E-state index is 12.6. The minimum absolute atomic E-state index is 0.202. The number of pyridine rings is 1. The van der Waals surface area contributed by atoms with Crippen LogP contribution >= 0.6 is 23.1 Å². The molecular weight excluding hydrogens is 388 g/mol. The molecule has 0 aliphatic carbocycles. The first-order valence-corrected chi connectivity index (χ1v) is 11.3. The van der Waals surface area contributed by atoms with Crippen molar-refractivity contribution in [2.75, 3.05) is 18.8 Å². The Balaban J connectivity index is 1.44. The molecule has 0 saturated carbocycles. The smallest absolute Gasteiger partial charge is 0.232 e. The van der Waals surface area contributed by atoms with E-state index in [4.69, 9.17) is 4.98 Å². The quantitative estimate of drug-likeness (QED) is 0.362. The van der Waals surface area contributed by atoms with Crippen molar-refractivity contribution in [1.82, 2.24) is 19.9 Å². The van der Waals surface area contributed by atoms with Gasteiger partial charge >= 0.3 is 0 Å². The summed E-state index contributed by atoms with van der Waals surface area (Å²) in [6, 6.07) is 10.3. The molecule has 4 aromatic rings. The van der Waals surface area contributed by atoms with Crippen LogP contribution in [0.15, 0.2) is 41.7 Å². The summed E-state index contributed by atoms with van der Waals surface area (Å²) in [5.41, 5.74) is 1.91. The molecule has 1 aliphatic heterocycles. The van der Waals surface area contributed by atoms with E-state index in [0.717, 1.165) is 68.2 Å². The standard InChI is InChI=1S/C21H20N4OS2/c1-13-6-8-25(9-7-13)17(26)11-27-21-19-18(22-12-23-21)15-10-14-4-2-3-5-16(14)24-20(15)28-19/h2-5,10,12-13H,6-9,11H2,1H3. The van der Waals surface area contributed by atoms with Gasteiger partial charge in [-0.2, -0.15) is 0 Å². The molecule has 0 spiro atoms. The number of fused-ring (bicyclic) bond motifs is 4. The highest BCUT2D eigenvalue weighted by atomic mass is 32.2. The molecule has 5 rings (SSSR count). The van der Waals surface area contributed by atoms with Crippen molar-refractivity contribution < 1.29 is 4.79 Å². The highest BCUT2D eigenvalue weighted by Gasteiger charge is 2.21. The zero-order valence-corrected chi connectivity index (χ0v) is 17.2. The van der Waals surface area contributed by atoms with Gasteiger partial charge < -0.3 is 4.90 Å². The zero-order chi connectivity index (χ0) is 19.1. The average Bonchev–Trinajstić information content (AvgIpc) is 3.09. The summed E-state index contributed by atoms with van der Waals surface area (Å²) in [5.74, 6) is 1.35. The van der Waals surface area contributed by atoms with Crippen molar-refractivity contribution in [1.29, 1.82) is 0 Å². The number of hydrogen-bond donors (Lipinski definition) is 0. The number of aromatic nitrogens is 3. The van der Waals surface area contributed by atoms with Crippen LogP contribution in [0.25, 0.3) is 31.3 Å². The van der Waals surface area contributed by atoms with Crippen LogP contribution in [0.5, 0.6) is 0 Å². The summed E-state index contributed by atoms with van der Waals surface area (Å²) in [6.07, 6.45) is 3.80. The Morgan fingerprint density at radius 1 is 1.25 bits per heavy atom. The Bertz CT molecular complexity index is 1180. The van der Waals surface area contributed by atoms with E-state index in [2.05, 4.69) is 29.0 Å². The fourth-order valence-electron chi connectivity index (χ4n) is 3.67. The topological polar surface area (TPSA) is 59.0 Å².